The van der Waals surface area contributed by atoms with Gasteiger partial charge in [0.2, 0.25) is 0 Å². The average molecular weight is 307 g/mol. The SMILES string of the molecule is CC(C)N(c1c(C#N)cccc1C(=O)c1cccnc1)C(C)C. The van der Waals surface area contributed by atoms with Crippen LogP contribution in [0.2, 0.25) is 0 Å². The first-order chi connectivity index (χ1) is 11.0. The van der Waals surface area contributed by atoms with Crippen molar-refractivity contribution in [3.05, 3.63) is 59.4 Å². The second kappa shape index (κ2) is 7.06. The topological polar surface area (TPSA) is 57.0 Å². The van der Waals surface area contributed by atoms with E-state index in [1.54, 1.807) is 42.7 Å². The summed E-state index contributed by atoms with van der Waals surface area (Å²) in [7, 11) is 0. The number of hydrogen-bond acceptors (Lipinski definition) is 4. The van der Waals surface area contributed by atoms with Gasteiger partial charge in [0, 0.05) is 35.6 Å². The Balaban J connectivity index is 2.66. The summed E-state index contributed by atoms with van der Waals surface area (Å²) in [6.45, 7) is 8.25. The molecule has 0 N–H and O–H groups in total. The highest BCUT2D eigenvalue weighted by atomic mass is 16.1. The Hall–Kier alpha value is -2.67. The van der Waals surface area contributed by atoms with Crippen LogP contribution < -0.4 is 4.90 Å². The van der Waals surface area contributed by atoms with Gasteiger partial charge in [-0.3, -0.25) is 9.78 Å². The van der Waals surface area contributed by atoms with Crippen LogP contribution in [0, 0.1) is 11.3 Å². The van der Waals surface area contributed by atoms with Gasteiger partial charge in [0.1, 0.15) is 6.07 Å². The molecule has 0 bridgehead atoms. The van der Waals surface area contributed by atoms with Crippen LogP contribution in [0.25, 0.3) is 0 Å². The molecule has 0 unspecified atom stereocenters. The minimum Gasteiger partial charge on any atom is -0.365 e. The second-order valence-electron chi connectivity index (χ2n) is 5.98. The summed E-state index contributed by atoms with van der Waals surface area (Å²) < 4.78 is 0. The molecule has 4 heteroatoms. The molecule has 0 atom stereocenters. The first-order valence-corrected chi connectivity index (χ1v) is 7.73. The lowest BCUT2D eigenvalue weighted by atomic mass is 9.97. The Morgan fingerprint density at radius 1 is 1.13 bits per heavy atom. The number of nitriles is 1. The summed E-state index contributed by atoms with van der Waals surface area (Å²) in [5.74, 6) is -0.114. The zero-order valence-electron chi connectivity index (χ0n) is 13.9. The Morgan fingerprint density at radius 3 is 2.35 bits per heavy atom. The van der Waals surface area contributed by atoms with Crippen LogP contribution in [0.5, 0.6) is 0 Å². The molecule has 23 heavy (non-hydrogen) atoms. The number of rotatable bonds is 5. The summed E-state index contributed by atoms with van der Waals surface area (Å²) in [6.07, 6.45) is 3.19. The van der Waals surface area contributed by atoms with Crippen LogP contribution in [0.15, 0.2) is 42.7 Å². The summed E-state index contributed by atoms with van der Waals surface area (Å²) in [4.78, 5) is 19.0. The van der Waals surface area contributed by atoms with Crippen molar-refractivity contribution in [3.63, 3.8) is 0 Å². The van der Waals surface area contributed by atoms with Crippen molar-refractivity contribution in [2.75, 3.05) is 4.90 Å². The Morgan fingerprint density at radius 2 is 1.83 bits per heavy atom. The van der Waals surface area contributed by atoms with Gasteiger partial charge in [-0.25, -0.2) is 0 Å². The van der Waals surface area contributed by atoms with Crippen molar-refractivity contribution in [1.29, 1.82) is 5.26 Å². The van der Waals surface area contributed by atoms with E-state index in [0.717, 1.165) is 0 Å². The van der Waals surface area contributed by atoms with Gasteiger partial charge in [0.15, 0.2) is 5.78 Å². The molecule has 0 saturated heterocycles. The number of benzene rings is 1. The van der Waals surface area contributed by atoms with E-state index in [0.29, 0.717) is 22.4 Å². The van der Waals surface area contributed by atoms with Crippen LogP contribution in [0.3, 0.4) is 0 Å². The van der Waals surface area contributed by atoms with Crippen LogP contribution in [-0.4, -0.2) is 22.9 Å². The molecular weight excluding hydrogens is 286 g/mol. The predicted molar refractivity (Wildman–Crippen MR) is 91.6 cm³/mol. The fourth-order valence-corrected chi connectivity index (χ4v) is 2.86. The van der Waals surface area contributed by atoms with Gasteiger partial charge in [-0.2, -0.15) is 5.26 Å². The smallest absolute Gasteiger partial charge is 0.196 e. The number of carbonyl (C=O) groups excluding carboxylic acids is 1. The Labute approximate surface area is 137 Å². The van der Waals surface area contributed by atoms with E-state index < -0.39 is 0 Å². The zero-order chi connectivity index (χ0) is 17.0. The predicted octanol–water partition coefficient (Wildman–Crippen LogP) is 3.81. The Bertz CT molecular complexity index is 722. The monoisotopic (exact) mass is 307 g/mol. The number of pyridine rings is 1. The highest BCUT2D eigenvalue weighted by molar-refractivity contribution is 6.13. The lowest BCUT2D eigenvalue weighted by Crippen LogP contribution is -2.38. The zero-order valence-corrected chi connectivity index (χ0v) is 13.9. The molecule has 0 aliphatic carbocycles. The van der Waals surface area contributed by atoms with Crippen molar-refractivity contribution in [3.8, 4) is 6.07 Å². The minimum absolute atomic E-state index is 0.114. The standard InChI is InChI=1S/C19H21N3O/c1-13(2)22(14(3)4)18-15(11-20)7-5-9-17(18)19(23)16-8-6-10-21-12-16/h5-10,12-14H,1-4H3. The highest BCUT2D eigenvalue weighted by Gasteiger charge is 2.24. The van der Waals surface area contributed by atoms with Gasteiger partial charge in [0.05, 0.1) is 11.3 Å². The van der Waals surface area contributed by atoms with Gasteiger partial charge < -0.3 is 4.90 Å². The second-order valence-corrected chi connectivity index (χ2v) is 5.98. The van der Waals surface area contributed by atoms with Gasteiger partial charge >= 0.3 is 0 Å². The fraction of sp³-hybridized carbons (Fsp3) is 0.316. The van der Waals surface area contributed by atoms with Gasteiger partial charge in [-0.05, 0) is 52.0 Å². The molecule has 1 heterocycles. The average Bonchev–Trinajstić information content (AvgIpc) is 2.54. The molecule has 4 nitrogen and oxygen atoms in total. The van der Waals surface area contributed by atoms with Crippen molar-refractivity contribution in [2.24, 2.45) is 0 Å². The fourth-order valence-electron chi connectivity index (χ4n) is 2.86. The third-order valence-electron chi connectivity index (χ3n) is 3.70. The molecule has 0 spiro atoms. The van der Waals surface area contributed by atoms with Crippen molar-refractivity contribution in [2.45, 2.75) is 39.8 Å². The lowest BCUT2D eigenvalue weighted by Gasteiger charge is -2.35. The number of para-hydroxylation sites is 1. The van der Waals surface area contributed by atoms with E-state index in [1.165, 1.54) is 0 Å². The number of carbonyl (C=O) groups is 1. The van der Waals surface area contributed by atoms with Crippen LogP contribution in [0.1, 0.15) is 49.2 Å². The van der Waals surface area contributed by atoms with Crippen LogP contribution in [0.4, 0.5) is 5.69 Å². The van der Waals surface area contributed by atoms with Gasteiger partial charge in [-0.1, -0.05) is 6.07 Å². The maximum absolute atomic E-state index is 12.9. The normalized spacial score (nSPS) is 10.7. The first-order valence-electron chi connectivity index (χ1n) is 7.73. The largest absolute Gasteiger partial charge is 0.365 e. The molecule has 0 fully saturated rings. The summed E-state index contributed by atoms with van der Waals surface area (Å²) in [6, 6.07) is 11.3. The maximum atomic E-state index is 12.9. The number of nitrogens with zero attached hydrogens (tertiary/aromatic N) is 3. The minimum atomic E-state index is -0.114. The number of ketones is 1. The summed E-state index contributed by atoms with van der Waals surface area (Å²) >= 11 is 0. The molecule has 0 aliphatic rings. The molecular formula is C19H21N3O. The van der Waals surface area contributed by atoms with E-state index in [-0.39, 0.29) is 17.9 Å². The van der Waals surface area contributed by atoms with E-state index >= 15 is 0 Å². The van der Waals surface area contributed by atoms with E-state index in [9.17, 15) is 10.1 Å². The number of anilines is 1. The Kier molecular flexibility index (Phi) is 5.13. The quantitative estimate of drug-likeness (QED) is 0.788. The highest BCUT2D eigenvalue weighted by Crippen LogP contribution is 2.30. The summed E-state index contributed by atoms with van der Waals surface area (Å²) in [5.41, 5.74) is 2.28. The molecule has 1 aromatic heterocycles. The van der Waals surface area contributed by atoms with Crippen molar-refractivity contribution in [1.82, 2.24) is 4.98 Å². The first kappa shape index (κ1) is 16.7. The van der Waals surface area contributed by atoms with Crippen molar-refractivity contribution < 1.29 is 4.79 Å². The van der Waals surface area contributed by atoms with Crippen LogP contribution in [-0.2, 0) is 0 Å². The molecule has 2 aromatic rings. The third-order valence-corrected chi connectivity index (χ3v) is 3.70. The lowest BCUT2D eigenvalue weighted by molar-refractivity contribution is 0.103. The third kappa shape index (κ3) is 3.40. The van der Waals surface area contributed by atoms with Gasteiger partial charge in [-0.15, -0.1) is 0 Å². The number of aromatic nitrogens is 1. The van der Waals surface area contributed by atoms with E-state index in [2.05, 4.69) is 43.6 Å². The number of hydrogen-bond donors (Lipinski definition) is 0. The van der Waals surface area contributed by atoms with E-state index in [4.69, 9.17) is 0 Å². The molecule has 2 rings (SSSR count). The van der Waals surface area contributed by atoms with Crippen molar-refractivity contribution >= 4 is 11.5 Å². The molecule has 0 radical (unpaired) electrons. The maximum Gasteiger partial charge on any atom is 0.196 e. The molecule has 1 aromatic carbocycles. The molecule has 0 saturated carbocycles. The summed E-state index contributed by atoms with van der Waals surface area (Å²) in [5, 5.41) is 9.51. The van der Waals surface area contributed by atoms with E-state index in [1.807, 2.05) is 0 Å². The van der Waals surface area contributed by atoms with Crippen LogP contribution >= 0.6 is 0 Å². The molecule has 118 valence electrons. The van der Waals surface area contributed by atoms with Gasteiger partial charge in [0.25, 0.3) is 0 Å². The molecule has 0 amide bonds. The molecule has 0 aliphatic heterocycles.